The molecule has 20 heavy (non-hydrogen) atoms. The number of carbonyl (C=O) groups is 1. The smallest absolute Gasteiger partial charge is 0.144 e. The summed E-state index contributed by atoms with van der Waals surface area (Å²) in [7, 11) is 0. The van der Waals surface area contributed by atoms with Crippen molar-refractivity contribution in [2.45, 2.75) is 25.0 Å². The largest absolute Gasteiger partial charge is 0.356 e. The van der Waals surface area contributed by atoms with Crippen molar-refractivity contribution in [1.29, 1.82) is 0 Å². The summed E-state index contributed by atoms with van der Waals surface area (Å²) < 4.78 is 0. The minimum absolute atomic E-state index is 0.147. The average Bonchev–Trinajstić information content (AvgIpc) is 2.48. The fraction of sp³-hybridized carbons (Fsp3) is 0.235. The Labute approximate surface area is 119 Å². The van der Waals surface area contributed by atoms with E-state index in [1.54, 1.807) is 0 Å². The molecule has 0 saturated heterocycles. The second-order valence-electron chi connectivity index (χ2n) is 5.24. The number of hydrogen-bond acceptors (Lipinski definition) is 3. The van der Waals surface area contributed by atoms with Crippen molar-refractivity contribution < 1.29 is 4.79 Å². The monoisotopic (exact) mass is 266 g/mol. The molecule has 0 spiro atoms. The molecule has 3 rings (SSSR count). The Bertz CT molecular complexity index is 597. The van der Waals surface area contributed by atoms with Crippen LogP contribution in [0.2, 0.25) is 0 Å². The van der Waals surface area contributed by atoms with Gasteiger partial charge in [-0.1, -0.05) is 48.5 Å². The maximum Gasteiger partial charge on any atom is 0.144 e. The van der Waals surface area contributed by atoms with Crippen molar-refractivity contribution in [3.05, 3.63) is 65.7 Å². The molecule has 0 aromatic heterocycles. The van der Waals surface area contributed by atoms with Crippen molar-refractivity contribution in [1.82, 2.24) is 0 Å². The molecule has 3 heteroatoms. The third kappa shape index (κ3) is 2.32. The zero-order valence-corrected chi connectivity index (χ0v) is 11.3. The lowest BCUT2D eigenvalue weighted by Gasteiger charge is -2.39. The highest BCUT2D eigenvalue weighted by Gasteiger charge is 2.31. The number of carbonyl (C=O) groups excluding carboxylic acids is 1. The quantitative estimate of drug-likeness (QED) is 0.866. The van der Waals surface area contributed by atoms with Crippen molar-refractivity contribution in [3.63, 3.8) is 0 Å². The molecule has 1 heterocycles. The Morgan fingerprint density at radius 3 is 2.55 bits per heavy atom. The standard InChI is InChI=1S/C17H18N2O/c18-15-10-14-8-4-5-9-16(14)19(17(15)12-20)11-13-6-2-1-3-7-13/h1-9,12,15,17H,10-11,18H2. The van der Waals surface area contributed by atoms with Gasteiger partial charge in [0.25, 0.3) is 0 Å². The first-order valence-corrected chi connectivity index (χ1v) is 6.89. The Morgan fingerprint density at radius 2 is 1.80 bits per heavy atom. The molecule has 0 fully saturated rings. The van der Waals surface area contributed by atoms with E-state index in [4.69, 9.17) is 5.73 Å². The van der Waals surface area contributed by atoms with Crippen LogP contribution in [0.15, 0.2) is 54.6 Å². The minimum Gasteiger partial charge on any atom is -0.356 e. The van der Waals surface area contributed by atoms with E-state index in [-0.39, 0.29) is 12.1 Å². The molecule has 2 unspecified atom stereocenters. The lowest BCUT2D eigenvalue weighted by atomic mass is 9.92. The highest BCUT2D eigenvalue weighted by Crippen LogP contribution is 2.30. The van der Waals surface area contributed by atoms with E-state index in [1.807, 2.05) is 30.3 Å². The summed E-state index contributed by atoms with van der Waals surface area (Å²) in [6.45, 7) is 0.703. The van der Waals surface area contributed by atoms with E-state index in [0.29, 0.717) is 6.54 Å². The number of aldehydes is 1. The number of benzene rings is 2. The summed E-state index contributed by atoms with van der Waals surface area (Å²) in [5.74, 6) is 0. The second-order valence-corrected chi connectivity index (χ2v) is 5.24. The molecular formula is C17H18N2O. The molecule has 2 aromatic rings. The number of rotatable bonds is 3. The van der Waals surface area contributed by atoms with Crippen molar-refractivity contribution in [3.8, 4) is 0 Å². The third-order valence-corrected chi connectivity index (χ3v) is 3.89. The predicted octanol–water partition coefficient (Wildman–Crippen LogP) is 2.14. The van der Waals surface area contributed by atoms with Gasteiger partial charge < -0.3 is 15.4 Å². The Kier molecular flexibility index (Phi) is 3.52. The number of anilines is 1. The fourth-order valence-electron chi connectivity index (χ4n) is 2.88. The SMILES string of the molecule is NC1Cc2ccccc2N(Cc2ccccc2)C1C=O. The summed E-state index contributed by atoms with van der Waals surface area (Å²) in [4.78, 5) is 13.6. The maximum absolute atomic E-state index is 11.5. The average molecular weight is 266 g/mol. The van der Waals surface area contributed by atoms with Gasteiger partial charge in [-0.25, -0.2) is 0 Å². The number of nitrogens with two attached hydrogens (primary N) is 1. The van der Waals surface area contributed by atoms with E-state index >= 15 is 0 Å². The van der Waals surface area contributed by atoms with E-state index in [2.05, 4.69) is 29.2 Å². The molecular weight excluding hydrogens is 248 g/mol. The maximum atomic E-state index is 11.5. The topological polar surface area (TPSA) is 46.3 Å². The first kappa shape index (κ1) is 12.9. The molecule has 102 valence electrons. The summed E-state index contributed by atoms with van der Waals surface area (Å²) in [5.41, 5.74) is 9.70. The molecule has 3 nitrogen and oxygen atoms in total. The molecule has 0 radical (unpaired) electrons. The van der Waals surface area contributed by atoms with Gasteiger partial charge in [-0.15, -0.1) is 0 Å². The predicted molar refractivity (Wildman–Crippen MR) is 80.6 cm³/mol. The summed E-state index contributed by atoms with van der Waals surface area (Å²) in [5, 5.41) is 0. The fourth-order valence-corrected chi connectivity index (χ4v) is 2.88. The highest BCUT2D eigenvalue weighted by atomic mass is 16.1. The van der Waals surface area contributed by atoms with Crippen molar-refractivity contribution >= 4 is 12.0 Å². The van der Waals surface area contributed by atoms with Crippen molar-refractivity contribution in [2.24, 2.45) is 5.73 Å². The highest BCUT2D eigenvalue weighted by molar-refractivity contribution is 5.71. The van der Waals surface area contributed by atoms with Gasteiger partial charge in [0.2, 0.25) is 0 Å². The zero-order valence-electron chi connectivity index (χ0n) is 11.3. The molecule has 1 aliphatic heterocycles. The van der Waals surface area contributed by atoms with Gasteiger partial charge in [-0.2, -0.15) is 0 Å². The Balaban J connectivity index is 1.98. The minimum atomic E-state index is -0.259. The second kappa shape index (κ2) is 5.47. The van der Waals surface area contributed by atoms with Crippen LogP contribution in [-0.2, 0) is 17.8 Å². The molecule has 0 saturated carbocycles. The van der Waals surface area contributed by atoms with E-state index in [0.717, 1.165) is 18.4 Å². The van der Waals surface area contributed by atoms with Gasteiger partial charge in [0.05, 0.1) is 0 Å². The molecule has 0 bridgehead atoms. The molecule has 2 aromatic carbocycles. The van der Waals surface area contributed by atoms with Crippen LogP contribution in [0, 0.1) is 0 Å². The van der Waals surface area contributed by atoms with Crippen LogP contribution < -0.4 is 10.6 Å². The number of nitrogens with zero attached hydrogens (tertiary/aromatic N) is 1. The Morgan fingerprint density at radius 1 is 1.10 bits per heavy atom. The summed E-state index contributed by atoms with van der Waals surface area (Å²) in [6, 6.07) is 18.0. The lowest BCUT2D eigenvalue weighted by Crippen LogP contribution is -2.53. The van der Waals surface area contributed by atoms with Gasteiger partial charge in [0.1, 0.15) is 12.3 Å². The van der Waals surface area contributed by atoms with Gasteiger partial charge in [0, 0.05) is 18.3 Å². The first-order valence-electron chi connectivity index (χ1n) is 6.89. The summed E-state index contributed by atoms with van der Waals surface area (Å²) in [6.07, 6.45) is 1.73. The molecule has 2 atom stereocenters. The number of para-hydroxylation sites is 1. The van der Waals surface area contributed by atoms with Crippen LogP contribution in [0.5, 0.6) is 0 Å². The van der Waals surface area contributed by atoms with Crippen LogP contribution in [0.4, 0.5) is 5.69 Å². The van der Waals surface area contributed by atoms with Crippen LogP contribution in [0.25, 0.3) is 0 Å². The van der Waals surface area contributed by atoms with Gasteiger partial charge in [0.15, 0.2) is 0 Å². The normalized spacial score (nSPS) is 21.4. The van der Waals surface area contributed by atoms with Gasteiger partial charge >= 0.3 is 0 Å². The Hall–Kier alpha value is -2.13. The van der Waals surface area contributed by atoms with Crippen molar-refractivity contribution in [2.75, 3.05) is 4.90 Å². The summed E-state index contributed by atoms with van der Waals surface area (Å²) >= 11 is 0. The third-order valence-electron chi connectivity index (χ3n) is 3.89. The number of fused-ring (bicyclic) bond motifs is 1. The molecule has 2 N–H and O–H groups in total. The zero-order chi connectivity index (χ0) is 13.9. The molecule has 0 amide bonds. The van der Waals surface area contributed by atoms with E-state index < -0.39 is 0 Å². The van der Waals surface area contributed by atoms with E-state index in [9.17, 15) is 4.79 Å². The first-order chi connectivity index (χ1) is 9.79. The van der Waals surface area contributed by atoms with Crippen LogP contribution >= 0.6 is 0 Å². The van der Waals surface area contributed by atoms with Gasteiger partial charge in [-0.05, 0) is 23.6 Å². The lowest BCUT2D eigenvalue weighted by molar-refractivity contribution is -0.109. The molecule has 1 aliphatic rings. The van der Waals surface area contributed by atoms with Crippen LogP contribution in [-0.4, -0.2) is 18.4 Å². The molecule has 0 aliphatic carbocycles. The number of hydrogen-bond donors (Lipinski definition) is 1. The van der Waals surface area contributed by atoms with E-state index in [1.165, 1.54) is 11.1 Å². The van der Waals surface area contributed by atoms with Gasteiger partial charge in [-0.3, -0.25) is 0 Å². The van der Waals surface area contributed by atoms with Crippen LogP contribution in [0.1, 0.15) is 11.1 Å². The van der Waals surface area contributed by atoms with Crippen LogP contribution in [0.3, 0.4) is 0 Å².